The second kappa shape index (κ2) is 7.72. The van der Waals surface area contributed by atoms with Crippen molar-refractivity contribution in [2.45, 2.75) is 33.6 Å². The summed E-state index contributed by atoms with van der Waals surface area (Å²) in [6.07, 6.45) is 2.05. The molecular weight excluding hydrogens is 288 g/mol. The molecule has 0 aliphatic rings. The summed E-state index contributed by atoms with van der Waals surface area (Å²) < 4.78 is 0. The highest BCUT2D eigenvalue weighted by molar-refractivity contribution is 5.92. The number of amides is 1. The van der Waals surface area contributed by atoms with Gasteiger partial charge >= 0.3 is 0 Å². The molecule has 1 N–H and O–H groups in total. The van der Waals surface area contributed by atoms with E-state index in [1.165, 1.54) is 11.1 Å². The van der Waals surface area contributed by atoms with Crippen LogP contribution in [0, 0.1) is 13.8 Å². The highest BCUT2D eigenvalue weighted by Crippen LogP contribution is 2.18. The van der Waals surface area contributed by atoms with Gasteiger partial charge in [-0.15, -0.1) is 10.2 Å². The Bertz CT molecular complexity index is 647. The lowest BCUT2D eigenvalue weighted by Gasteiger charge is -2.15. The number of unbranched alkanes of at least 4 members (excludes halogenated alkanes) is 1. The van der Waals surface area contributed by atoms with E-state index in [2.05, 4.69) is 42.4 Å². The van der Waals surface area contributed by atoms with Crippen LogP contribution >= 0.6 is 0 Å². The Hall–Kier alpha value is -2.43. The zero-order valence-corrected chi connectivity index (χ0v) is 14.3. The first-order chi connectivity index (χ1) is 11.0. The molecule has 0 aliphatic heterocycles. The summed E-state index contributed by atoms with van der Waals surface area (Å²) in [7, 11) is 1.79. The average molecular weight is 312 g/mol. The van der Waals surface area contributed by atoms with Gasteiger partial charge < -0.3 is 10.2 Å². The van der Waals surface area contributed by atoms with E-state index in [9.17, 15) is 4.79 Å². The quantitative estimate of drug-likeness (QED) is 0.883. The number of benzene rings is 1. The average Bonchev–Trinajstić information content (AvgIpc) is 2.51. The van der Waals surface area contributed by atoms with Crippen LogP contribution in [0.2, 0.25) is 0 Å². The van der Waals surface area contributed by atoms with Gasteiger partial charge in [-0.05, 0) is 55.7 Å². The summed E-state index contributed by atoms with van der Waals surface area (Å²) in [5.41, 5.74) is 3.71. The lowest BCUT2D eigenvalue weighted by Crippen LogP contribution is -2.28. The molecule has 0 saturated heterocycles. The normalized spacial score (nSPS) is 10.4. The maximum Gasteiger partial charge on any atom is 0.274 e. The van der Waals surface area contributed by atoms with Gasteiger partial charge in [0, 0.05) is 19.3 Å². The van der Waals surface area contributed by atoms with E-state index < -0.39 is 0 Å². The maximum atomic E-state index is 12.2. The van der Waals surface area contributed by atoms with Crippen molar-refractivity contribution < 1.29 is 4.79 Å². The molecule has 2 rings (SSSR count). The fourth-order valence-electron chi connectivity index (χ4n) is 2.40. The molecule has 1 aromatic heterocycles. The number of nitrogens with one attached hydrogen (secondary N) is 1. The summed E-state index contributed by atoms with van der Waals surface area (Å²) in [4.78, 5) is 13.9. The van der Waals surface area contributed by atoms with Crippen molar-refractivity contribution in [3.05, 3.63) is 47.2 Å². The summed E-state index contributed by atoms with van der Waals surface area (Å²) >= 11 is 0. The molecule has 0 saturated carbocycles. The minimum Gasteiger partial charge on any atom is -0.340 e. The molecule has 0 radical (unpaired) electrons. The van der Waals surface area contributed by atoms with Crippen LogP contribution in [-0.2, 0) is 0 Å². The smallest absolute Gasteiger partial charge is 0.274 e. The molecule has 23 heavy (non-hydrogen) atoms. The van der Waals surface area contributed by atoms with Crippen molar-refractivity contribution in [3.63, 3.8) is 0 Å². The Morgan fingerprint density at radius 1 is 1.13 bits per heavy atom. The molecule has 5 nitrogen and oxygen atoms in total. The van der Waals surface area contributed by atoms with Gasteiger partial charge in [-0.2, -0.15) is 0 Å². The van der Waals surface area contributed by atoms with Gasteiger partial charge in [-0.3, -0.25) is 4.79 Å². The fraction of sp³-hybridized carbons (Fsp3) is 0.389. The van der Waals surface area contributed by atoms with E-state index in [4.69, 9.17) is 0 Å². The molecule has 0 atom stereocenters. The van der Waals surface area contributed by atoms with Crippen LogP contribution in [0.25, 0.3) is 0 Å². The third-order valence-corrected chi connectivity index (χ3v) is 3.57. The third-order valence-electron chi connectivity index (χ3n) is 3.57. The van der Waals surface area contributed by atoms with Crippen LogP contribution in [0.1, 0.15) is 41.4 Å². The third kappa shape index (κ3) is 4.77. The predicted octanol–water partition coefficient (Wildman–Crippen LogP) is 3.71. The van der Waals surface area contributed by atoms with E-state index >= 15 is 0 Å². The minimum absolute atomic E-state index is 0.0936. The predicted molar refractivity (Wildman–Crippen MR) is 93.1 cm³/mol. The van der Waals surface area contributed by atoms with Gasteiger partial charge in [0.2, 0.25) is 0 Å². The highest BCUT2D eigenvalue weighted by atomic mass is 16.2. The van der Waals surface area contributed by atoms with Gasteiger partial charge in [0.1, 0.15) is 0 Å². The highest BCUT2D eigenvalue weighted by Gasteiger charge is 2.13. The van der Waals surface area contributed by atoms with Crippen molar-refractivity contribution in [2.24, 2.45) is 0 Å². The lowest BCUT2D eigenvalue weighted by molar-refractivity contribution is 0.0786. The number of anilines is 2. The fourth-order valence-corrected chi connectivity index (χ4v) is 2.40. The van der Waals surface area contributed by atoms with Crippen LogP contribution in [0.3, 0.4) is 0 Å². The zero-order chi connectivity index (χ0) is 16.8. The Labute approximate surface area is 137 Å². The van der Waals surface area contributed by atoms with Gasteiger partial charge in [0.05, 0.1) is 0 Å². The molecule has 0 bridgehead atoms. The Morgan fingerprint density at radius 2 is 1.83 bits per heavy atom. The zero-order valence-electron chi connectivity index (χ0n) is 14.3. The van der Waals surface area contributed by atoms with Crippen LogP contribution in [0.4, 0.5) is 11.5 Å². The summed E-state index contributed by atoms with van der Waals surface area (Å²) in [6.45, 7) is 6.95. The molecule has 0 unspecified atom stereocenters. The maximum absolute atomic E-state index is 12.2. The van der Waals surface area contributed by atoms with Gasteiger partial charge in [-0.25, -0.2) is 0 Å². The second-order valence-corrected chi connectivity index (χ2v) is 5.89. The van der Waals surface area contributed by atoms with Crippen LogP contribution in [0.15, 0.2) is 30.3 Å². The van der Waals surface area contributed by atoms with Crippen molar-refractivity contribution in [1.29, 1.82) is 0 Å². The molecule has 1 amide bonds. The Kier molecular flexibility index (Phi) is 5.68. The van der Waals surface area contributed by atoms with Gasteiger partial charge in [0.15, 0.2) is 11.5 Å². The molecule has 0 spiro atoms. The molecule has 2 aromatic rings. The van der Waals surface area contributed by atoms with Crippen molar-refractivity contribution in [3.8, 4) is 0 Å². The van der Waals surface area contributed by atoms with Crippen LogP contribution < -0.4 is 5.32 Å². The molecule has 5 heteroatoms. The minimum atomic E-state index is -0.0936. The van der Waals surface area contributed by atoms with E-state index in [-0.39, 0.29) is 5.91 Å². The van der Waals surface area contributed by atoms with Crippen molar-refractivity contribution in [2.75, 3.05) is 18.9 Å². The summed E-state index contributed by atoms with van der Waals surface area (Å²) in [5.74, 6) is 0.534. The largest absolute Gasteiger partial charge is 0.340 e. The SMILES string of the molecule is CCCCN(C)C(=O)c1ccc(Nc2cc(C)cc(C)c2)nn1. The lowest BCUT2D eigenvalue weighted by atomic mass is 10.1. The number of aryl methyl sites for hydroxylation is 2. The van der Waals surface area contributed by atoms with Crippen LogP contribution in [0.5, 0.6) is 0 Å². The van der Waals surface area contributed by atoms with E-state index in [0.717, 1.165) is 25.1 Å². The van der Waals surface area contributed by atoms with Crippen molar-refractivity contribution >= 4 is 17.4 Å². The van der Waals surface area contributed by atoms with Gasteiger partial charge in [0.25, 0.3) is 5.91 Å². The second-order valence-electron chi connectivity index (χ2n) is 5.89. The number of nitrogens with zero attached hydrogens (tertiary/aromatic N) is 3. The van der Waals surface area contributed by atoms with E-state index in [1.54, 1.807) is 24.1 Å². The molecule has 0 fully saturated rings. The Morgan fingerprint density at radius 3 is 2.39 bits per heavy atom. The van der Waals surface area contributed by atoms with E-state index in [0.29, 0.717) is 11.5 Å². The molecule has 122 valence electrons. The molecular formula is C18H24N4O. The number of carbonyl (C=O) groups is 1. The first-order valence-electron chi connectivity index (χ1n) is 7.94. The Balaban J connectivity index is 2.05. The molecule has 0 aliphatic carbocycles. The number of aromatic nitrogens is 2. The number of hydrogen-bond donors (Lipinski definition) is 1. The topological polar surface area (TPSA) is 58.1 Å². The number of carbonyl (C=O) groups excluding carboxylic acids is 1. The van der Waals surface area contributed by atoms with E-state index in [1.807, 2.05) is 12.1 Å². The number of hydrogen-bond acceptors (Lipinski definition) is 4. The van der Waals surface area contributed by atoms with Crippen LogP contribution in [-0.4, -0.2) is 34.6 Å². The van der Waals surface area contributed by atoms with Crippen molar-refractivity contribution in [1.82, 2.24) is 15.1 Å². The number of rotatable bonds is 6. The first-order valence-corrected chi connectivity index (χ1v) is 7.94. The molecule has 1 aromatic carbocycles. The first kappa shape index (κ1) is 16.9. The summed E-state index contributed by atoms with van der Waals surface area (Å²) in [5, 5.41) is 11.4. The monoisotopic (exact) mass is 312 g/mol. The summed E-state index contributed by atoms with van der Waals surface area (Å²) in [6, 6.07) is 9.71. The molecule has 1 heterocycles. The van der Waals surface area contributed by atoms with Gasteiger partial charge in [-0.1, -0.05) is 19.4 Å². The standard InChI is InChI=1S/C18H24N4O/c1-5-6-9-22(4)18(23)16-7-8-17(21-20-16)19-15-11-13(2)10-14(3)12-15/h7-8,10-12H,5-6,9H2,1-4H3,(H,19,21).